The summed E-state index contributed by atoms with van der Waals surface area (Å²) in [5, 5.41) is 5.35. The highest BCUT2D eigenvalue weighted by Crippen LogP contribution is 2.44. The zero-order valence-corrected chi connectivity index (χ0v) is 53.0. The third-order valence-electron chi connectivity index (χ3n) is 16.8. The van der Waals surface area contributed by atoms with E-state index in [1.54, 1.807) is 22.7 Å². The van der Waals surface area contributed by atoms with Gasteiger partial charge in [0.25, 0.3) is 0 Å². The third kappa shape index (κ3) is 11.4. The number of aromatic nitrogens is 8. The smallest absolute Gasteiger partial charge is 0.399 e. The maximum Gasteiger partial charge on any atom is 0.494 e. The summed E-state index contributed by atoms with van der Waals surface area (Å²) < 4.78 is 17.2. The molecule has 14 heteroatoms. The maximum absolute atomic E-state index is 6.52. The van der Waals surface area contributed by atoms with Gasteiger partial charge >= 0.3 is 7.12 Å². The average molecular weight is 1250 g/mol. The Balaban J connectivity index is 0.000000123. The molecule has 10 nitrogen and oxygen atoms in total. The molecule has 92 heavy (non-hydrogen) atoms. The van der Waals surface area contributed by atoms with E-state index in [0.29, 0.717) is 34.9 Å². The molecule has 442 valence electrons. The van der Waals surface area contributed by atoms with Gasteiger partial charge in [-0.15, -0.1) is 22.7 Å². The van der Waals surface area contributed by atoms with Crippen LogP contribution in [0.15, 0.2) is 267 Å². The fourth-order valence-corrected chi connectivity index (χ4v) is 14.1. The fourth-order valence-electron chi connectivity index (χ4n) is 11.4. The van der Waals surface area contributed by atoms with Crippen molar-refractivity contribution < 1.29 is 9.31 Å². The molecule has 0 aliphatic carbocycles. The van der Waals surface area contributed by atoms with Crippen molar-refractivity contribution >= 4 is 109 Å². The Morgan fingerprint density at radius 2 is 0.652 bits per heavy atom. The summed E-state index contributed by atoms with van der Waals surface area (Å²) in [4.78, 5) is 39.0. The van der Waals surface area contributed by atoms with Crippen LogP contribution >= 0.6 is 34.3 Å². The molecule has 16 aromatic rings. The number of fused-ring (bicyclic) bond motifs is 8. The summed E-state index contributed by atoms with van der Waals surface area (Å²) in [5.74, 6) is 3.84. The lowest BCUT2D eigenvalue weighted by Gasteiger charge is -2.32. The second-order valence-electron chi connectivity index (χ2n) is 23.4. The second kappa shape index (κ2) is 24.5. The Bertz CT molecular complexity index is 5270. The predicted molar refractivity (Wildman–Crippen MR) is 381 cm³/mol. The molecule has 0 amide bonds. The first-order valence-corrected chi connectivity index (χ1v) is 32.4. The lowest BCUT2D eigenvalue weighted by atomic mass is 9.78. The van der Waals surface area contributed by atoms with E-state index >= 15 is 0 Å². The largest absolute Gasteiger partial charge is 0.494 e. The first-order valence-electron chi connectivity index (χ1n) is 30.3. The number of hydrogen-bond donors (Lipinski definition) is 0. The highest BCUT2D eigenvalue weighted by Gasteiger charge is 2.51. The van der Waals surface area contributed by atoms with Gasteiger partial charge in [-0.25, -0.2) is 39.9 Å². The fraction of sp³-hybridized carbons (Fsp3) is 0.0769. The van der Waals surface area contributed by atoms with Gasteiger partial charge in [-0.2, -0.15) is 0 Å². The number of halogens is 1. The Kier molecular flexibility index (Phi) is 15.5. The van der Waals surface area contributed by atoms with Crippen molar-refractivity contribution in [3.8, 4) is 79.5 Å². The van der Waals surface area contributed by atoms with Crippen molar-refractivity contribution in [1.82, 2.24) is 39.9 Å². The minimum Gasteiger partial charge on any atom is -0.399 e. The number of hydrogen-bond acceptors (Lipinski definition) is 12. The van der Waals surface area contributed by atoms with Gasteiger partial charge in [0, 0.05) is 69.9 Å². The zero-order chi connectivity index (χ0) is 62.3. The summed E-state index contributed by atoms with van der Waals surface area (Å²) >= 11 is 10.0. The topological polar surface area (TPSA) is 122 Å². The normalized spacial score (nSPS) is 13.3. The minimum atomic E-state index is -0.445. The predicted octanol–water partition coefficient (Wildman–Crippen LogP) is 19.9. The summed E-state index contributed by atoms with van der Waals surface area (Å²) in [6.07, 6.45) is 0. The summed E-state index contributed by atoms with van der Waals surface area (Å²) in [7, 11) is -0.445. The van der Waals surface area contributed by atoms with Gasteiger partial charge in [0.1, 0.15) is 0 Å². The Labute approximate surface area is 545 Å². The SMILES string of the molecule is CC1(C)OB(c2cccc(-c3nc(-c4ccccc4)nc(-c4ccccc4)n3)c2)OC1(C)C.Clc1c2ccccc2nc2c1sc1ccccc12.c1ccc(-c2nc(-c3ccccc3)nc(-c3cccc(-c4c5ccccc5nc5c4sc4ccccc45)c3)n2)cc1. The monoisotopic (exact) mass is 1250 g/mol. The van der Waals surface area contributed by atoms with Crippen LogP contribution in [0.5, 0.6) is 0 Å². The molecule has 0 radical (unpaired) electrons. The number of pyridine rings is 2. The third-order valence-corrected chi connectivity index (χ3v) is 19.7. The van der Waals surface area contributed by atoms with Crippen molar-refractivity contribution in [2.45, 2.75) is 38.9 Å². The van der Waals surface area contributed by atoms with E-state index in [1.807, 2.05) is 182 Å². The molecule has 17 rings (SSSR count). The first kappa shape index (κ1) is 58.1. The summed E-state index contributed by atoms with van der Waals surface area (Å²) in [6, 6.07) is 89.9. The highest BCUT2D eigenvalue weighted by atomic mass is 35.5. The van der Waals surface area contributed by atoms with E-state index < -0.39 is 18.3 Å². The molecule has 0 atom stereocenters. The molecule has 6 aromatic heterocycles. The van der Waals surface area contributed by atoms with Gasteiger partial charge in [0.2, 0.25) is 0 Å². The lowest BCUT2D eigenvalue weighted by molar-refractivity contribution is 0.00578. The molecule has 1 aliphatic heterocycles. The molecule has 7 heterocycles. The molecule has 0 spiro atoms. The van der Waals surface area contributed by atoms with Gasteiger partial charge in [0.05, 0.1) is 47.7 Å². The van der Waals surface area contributed by atoms with Crippen LogP contribution < -0.4 is 5.46 Å². The number of thiophene rings is 2. The molecule has 0 saturated carbocycles. The van der Waals surface area contributed by atoms with Crippen molar-refractivity contribution in [3.63, 3.8) is 0 Å². The van der Waals surface area contributed by atoms with E-state index in [2.05, 4.69) is 113 Å². The van der Waals surface area contributed by atoms with E-state index in [4.69, 9.17) is 60.8 Å². The number of nitrogens with zero attached hydrogens (tertiary/aromatic N) is 8. The molecule has 10 aromatic carbocycles. The van der Waals surface area contributed by atoms with Gasteiger partial charge in [-0.3, -0.25) is 0 Å². The van der Waals surface area contributed by atoms with Crippen LogP contribution in [0.25, 0.3) is 142 Å². The molecular weight excluding hydrogens is 1190 g/mol. The van der Waals surface area contributed by atoms with Crippen molar-refractivity contribution in [2.24, 2.45) is 0 Å². The molecule has 1 saturated heterocycles. The van der Waals surface area contributed by atoms with Gasteiger partial charge in [-0.1, -0.05) is 248 Å². The molecular formula is C78H56BClN8O2S2. The van der Waals surface area contributed by atoms with E-state index in [-0.39, 0.29) is 0 Å². The van der Waals surface area contributed by atoms with Crippen LogP contribution in [-0.4, -0.2) is 58.2 Å². The summed E-state index contributed by atoms with van der Waals surface area (Å²) in [5.41, 5.74) is 12.1. The van der Waals surface area contributed by atoms with E-state index in [0.717, 1.165) is 87.0 Å². The average Bonchev–Trinajstić information content (AvgIpc) is 1.61. The van der Waals surface area contributed by atoms with Gasteiger partial charge < -0.3 is 9.31 Å². The minimum absolute atomic E-state index is 0.401. The molecule has 0 N–H and O–H groups in total. The van der Waals surface area contributed by atoms with Crippen LogP contribution in [0.4, 0.5) is 0 Å². The summed E-state index contributed by atoms with van der Waals surface area (Å²) in [6.45, 7) is 8.23. The maximum atomic E-state index is 6.52. The second-order valence-corrected chi connectivity index (χ2v) is 25.9. The molecule has 1 fully saturated rings. The first-order chi connectivity index (χ1) is 45.0. The number of rotatable bonds is 8. The standard InChI is InChI=1S/C36H22N4S.C27H26BN3O2.C15H8ClNS/c1-3-12-23(13-4-1)34-38-35(24-14-5-2-6-15-24)40-36(39-34)26-17-11-16-25(22-26)31-27-18-7-9-20-29(27)37-32-28-19-8-10-21-30(28)41-33(31)32;1-26(2)27(3,4)33-28(32-26)22-17-11-16-21(18-22)25-30-23(19-12-7-5-8-13-19)29-24(31-25)20-14-9-6-10-15-20;16-13-9-5-1-3-7-11(9)17-14-10-6-2-4-8-12(10)18-15(13)14/h1-22H;5-18H,1-4H3;1-8H. The molecule has 0 bridgehead atoms. The highest BCUT2D eigenvalue weighted by molar-refractivity contribution is 7.26. The molecule has 0 unspecified atom stereocenters. The van der Waals surface area contributed by atoms with Gasteiger partial charge in [-0.05, 0) is 69.1 Å². The van der Waals surface area contributed by atoms with Crippen molar-refractivity contribution in [3.05, 3.63) is 272 Å². The molecule has 1 aliphatic rings. The van der Waals surface area contributed by atoms with Gasteiger partial charge in [0.15, 0.2) is 34.9 Å². The van der Waals surface area contributed by atoms with Crippen molar-refractivity contribution in [1.29, 1.82) is 0 Å². The van der Waals surface area contributed by atoms with E-state index in [1.165, 1.54) is 30.4 Å². The number of para-hydroxylation sites is 2. The van der Waals surface area contributed by atoms with Crippen LogP contribution in [-0.2, 0) is 9.31 Å². The van der Waals surface area contributed by atoms with Crippen molar-refractivity contribution in [2.75, 3.05) is 0 Å². The Morgan fingerprint density at radius 1 is 0.315 bits per heavy atom. The van der Waals surface area contributed by atoms with Crippen LogP contribution in [0.1, 0.15) is 27.7 Å². The Hall–Kier alpha value is -10.2. The zero-order valence-electron chi connectivity index (χ0n) is 50.6. The van der Waals surface area contributed by atoms with Crippen LogP contribution in [0.3, 0.4) is 0 Å². The van der Waals surface area contributed by atoms with Crippen LogP contribution in [0.2, 0.25) is 5.02 Å². The quantitative estimate of drug-likeness (QED) is 0.136. The number of benzene rings is 10. The van der Waals surface area contributed by atoms with E-state index in [9.17, 15) is 0 Å². The lowest BCUT2D eigenvalue weighted by Crippen LogP contribution is -2.41. The van der Waals surface area contributed by atoms with Crippen LogP contribution in [0, 0.1) is 0 Å². The Morgan fingerprint density at radius 3 is 1.13 bits per heavy atom.